The van der Waals surface area contributed by atoms with E-state index in [1.54, 1.807) is 24.3 Å². The molecule has 0 saturated carbocycles. The minimum absolute atomic E-state index is 0.323. The van der Waals surface area contributed by atoms with E-state index in [-0.39, 0.29) is 5.82 Å². The zero-order valence-electron chi connectivity index (χ0n) is 7.91. The van der Waals surface area contributed by atoms with E-state index in [4.69, 9.17) is 0 Å². The second-order valence-electron chi connectivity index (χ2n) is 2.98. The maximum atomic E-state index is 13.1. The number of aliphatic hydroxyl groups is 1. The summed E-state index contributed by atoms with van der Waals surface area (Å²) < 4.78 is 13.1. The van der Waals surface area contributed by atoms with Crippen molar-refractivity contribution in [3.63, 3.8) is 0 Å². The predicted octanol–water partition coefficient (Wildman–Crippen LogP) is 1.63. The molecule has 0 aliphatic heterocycles. The van der Waals surface area contributed by atoms with Crippen molar-refractivity contribution in [3.8, 4) is 0 Å². The fourth-order valence-corrected chi connectivity index (χ4v) is 1.18. The molecule has 3 heteroatoms. The summed E-state index contributed by atoms with van der Waals surface area (Å²) >= 11 is 0. The quantitative estimate of drug-likeness (QED) is 0.553. The molecule has 0 aliphatic carbocycles. The number of nitrogens with one attached hydrogen (secondary N) is 1. The Balaban J connectivity index is 2.55. The predicted molar refractivity (Wildman–Crippen MR) is 54.4 cm³/mol. The van der Waals surface area contributed by atoms with Crippen molar-refractivity contribution in [3.05, 3.63) is 48.3 Å². The first-order valence-electron chi connectivity index (χ1n) is 4.50. The van der Waals surface area contributed by atoms with Crippen LogP contribution in [0.2, 0.25) is 0 Å². The van der Waals surface area contributed by atoms with Gasteiger partial charge in [0.05, 0.1) is 6.10 Å². The minimum Gasteiger partial charge on any atom is -0.387 e. The van der Waals surface area contributed by atoms with Gasteiger partial charge in [0.1, 0.15) is 5.82 Å². The van der Waals surface area contributed by atoms with Crippen LogP contribution >= 0.6 is 0 Å². The van der Waals surface area contributed by atoms with Crippen molar-refractivity contribution in [1.29, 1.82) is 0 Å². The van der Waals surface area contributed by atoms with Crippen LogP contribution in [0, 0.1) is 5.82 Å². The molecular formula is C11H14FNO. The lowest BCUT2D eigenvalue weighted by atomic mass is 10.1. The first-order valence-corrected chi connectivity index (χ1v) is 4.50. The van der Waals surface area contributed by atoms with Gasteiger partial charge in [-0.05, 0) is 6.07 Å². The van der Waals surface area contributed by atoms with Crippen LogP contribution in [-0.2, 0) is 0 Å². The van der Waals surface area contributed by atoms with Gasteiger partial charge in [-0.1, -0.05) is 24.3 Å². The smallest absolute Gasteiger partial charge is 0.129 e. The van der Waals surface area contributed by atoms with E-state index in [1.165, 1.54) is 6.07 Å². The molecule has 0 radical (unpaired) electrons. The molecule has 0 saturated heterocycles. The van der Waals surface area contributed by atoms with E-state index < -0.39 is 6.10 Å². The van der Waals surface area contributed by atoms with Gasteiger partial charge < -0.3 is 10.4 Å². The van der Waals surface area contributed by atoms with Gasteiger partial charge >= 0.3 is 0 Å². The molecule has 76 valence electrons. The van der Waals surface area contributed by atoms with Crippen molar-refractivity contribution < 1.29 is 9.50 Å². The summed E-state index contributed by atoms with van der Waals surface area (Å²) in [6.07, 6.45) is 0.879. The zero-order chi connectivity index (χ0) is 10.4. The van der Waals surface area contributed by atoms with Gasteiger partial charge in [-0.25, -0.2) is 4.39 Å². The average molecular weight is 195 g/mol. The van der Waals surface area contributed by atoms with E-state index in [0.29, 0.717) is 18.7 Å². The van der Waals surface area contributed by atoms with Gasteiger partial charge in [-0.3, -0.25) is 0 Å². The first kappa shape index (κ1) is 10.9. The van der Waals surface area contributed by atoms with Crippen LogP contribution in [0.25, 0.3) is 0 Å². The van der Waals surface area contributed by atoms with Gasteiger partial charge in [-0.2, -0.15) is 0 Å². The van der Waals surface area contributed by atoms with Gasteiger partial charge in [0, 0.05) is 18.7 Å². The Hall–Kier alpha value is -1.19. The molecule has 2 nitrogen and oxygen atoms in total. The van der Waals surface area contributed by atoms with E-state index >= 15 is 0 Å². The van der Waals surface area contributed by atoms with Crippen molar-refractivity contribution in [1.82, 2.24) is 5.32 Å². The molecule has 0 fully saturated rings. The summed E-state index contributed by atoms with van der Waals surface area (Å²) in [4.78, 5) is 0. The highest BCUT2D eigenvalue weighted by atomic mass is 19.1. The molecule has 1 aromatic carbocycles. The fourth-order valence-electron chi connectivity index (χ4n) is 1.18. The SMILES string of the molecule is C=CCNCC(O)c1ccccc1F. The number of hydrogen-bond acceptors (Lipinski definition) is 2. The molecule has 1 aromatic rings. The van der Waals surface area contributed by atoms with Crippen LogP contribution < -0.4 is 5.32 Å². The lowest BCUT2D eigenvalue weighted by Crippen LogP contribution is -2.21. The average Bonchev–Trinajstić information content (AvgIpc) is 2.18. The number of hydrogen-bond donors (Lipinski definition) is 2. The third kappa shape index (κ3) is 2.94. The van der Waals surface area contributed by atoms with Gasteiger partial charge in [0.2, 0.25) is 0 Å². The second-order valence-corrected chi connectivity index (χ2v) is 2.98. The number of rotatable bonds is 5. The topological polar surface area (TPSA) is 32.3 Å². The van der Waals surface area contributed by atoms with E-state index in [0.717, 1.165) is 0 Å². The Morgan fingerprint density at radius 1 is 1.50 bits per heavy atom. The fraction of sp³-hybridized carbons (Fsp3) is 0.273. The minimum atomic E-state index is -0.809. The molecule has 14 heavy (non-hydrogen) atoms. The summed E-state index contributed by atoms with van der Waals surface area (Å²) in [5.74, 6) is -0.375. The molecule has 1 unspecified atom stereocenters. The molecule has 0 spiro atoms. The van der Waals surface area contributed by atoms with E-state index in [9.17, 15) is 9.50 Å². The molecule has 2 N–H and O–H groups in total. The van der Waals surface area contributed by atoms with Crippen molar-refractivity contribution in [2.45, 2.75) is 6.10 Å². The maximum absolute atomic E-state index is 13.1. The number of aliphatic hydroxyl groups excluding tert-OH is 1. The lowest BCUT2D eigenvalue weighted by molar-refractivity contribution is 0.171. The monoisotopic (exact) mass is 195 g/mol. The normalized spacial score (nSPS) is 12.4. The Kier molecular flexibility index (Phi) is 4.29. The molecule has 0 heterocycles. The number of halogens is 1. The van der Waals surface area contributed by atoms with Gasteiger partial charge in [0.15, 0.2) is 0 Å². The van der Waals surface area contributed by atoms with Gasteiger partial charge in [-0.15, -0.1) is 6.58 Å². The molecule has 0 aromatic heterocycles. The van der Waals surface area contributed by atoms with E-state index in [1.807, 2.05) is 0 Å². The summed E-state index contributed by atoms with van der Waals surface area (Å²) in [7, 11) is 0. The molecular weight excluding hydrogens is 181 g/mol. The molecule has 0 bridgehead atoms. The highest BCUT2D eigenvalue weighted by molar-refractivity contribution is 5.19. The molecule has 1 rings (SSSR count). The highest BCUT2D eigenvalue weighted by Gasteiger charge is 2.10. The summed E-state index contributed by atoms with van der Waals surface area (Å²) in [5.41, 5.74) is 0.323. The van der Waals surface area contributed by atoms with Crippen LogP contribution in [0.5, 0.6) is 0 Å². The molecule has 1 atom stereocenters. The Morgan fingerprint density at radius 2 is 2.21 bits per heavy atom. The molecule has 0 aliphatic rings. The van der Waals surface area contributed by atoms with Crippen molar-refractivity contribution >= 4 is 0 Å². The molecule has 0 amide bonds. The zero-order valence-corrected chi connectivity index (χ0v) is 7.91. The van der Waals surface area contributed by atoms with Crippen LogP contribution in [0.1, 0.15) is 11.7 Å². The third-order valence-corrected chi connectivity index (χ3v) is 1.89. The largest absolute Gasteiger partial charge is 0.387 e. The van der Waals surface area contributed by atoms with Crippen molar-refractivity contribution in [2.24, 2.45) is 0 Å². The Labute approximate surface area is 83.1 Å². The maximum Gasteiger partial charge on any atom is 0.129 e. The third-order valence-electron chi connectivity index (χ3n) is 1.89. The Bertz CT molecular complexity index is 301. The van der Waals surface area contributed by atoms with Crippen LogP contribution in [0.4, 0.5) is 4.39 Å². The second kappa shape index (κ2) is 5.52. The standard InChI is InChI=1S/C11H14FNO/c1-2-7-13-8-11(14)9-5-3-4-6-10(9)12/h2-6,11,13-14H,1,7-8H2. The van der Waals surface area contributed by atoms with Crippen LogP contribution in [0.3, 0.4) is 0 Å². The van der Waals surface area contributed by atoms with Crippen molar-refractivity contribution in [2.75, 3.05) is 13.1 Å². The first-order chi connectivity index (χ1) is 6.75. The summed E-state index contributed by atoms with van der Waals surface area (Å²) in [5, 5.41) is 12.5. The van der Waals surface area contributed by atoms with Crippen LogP contribution in [0.15, 0.2) is 36.9 Å². The highest BCUT2D eigenvalue weighted by Crippen LogP contribution is 2.15. The van der Waals surface area contributed by atoms with Gasteiger partial charge in [0.25, 0.3) is 0 Å². The Morgan fingerprint density at radius 3 is 2.86 bits per heavy atom. The lowest BCUT2D eigenvalue weighted by Gasteiger charge is -2.11. The number of benzene rings is 1. The summed E-state index contributed by atoms with van der Waals surface area (Å²) in [6.45, 7) is 4.46. The summed E-state index contributed by atoms with van der Waals surface area (Å²) in [6, 6.07) is 6.22. The van der Waals surface area contributed by atoms with Crippen LogP contribution in [-0.4, -0.2) is 18.2 Å². The van der Waals surface area contributed by atoms with E-state index in [2.05, 4.69) is 11.9 Å².